The van der Waals surface area contributed by atoms with Crippen LogP contribution in [0.4, 0.5) is 0 Å². The average molecular weight is 269 g/mol. The highest BCUT2D eigenvalue weighted by atomic mass is 35.5. The normalized spacial score (nSPS) is 25.1. The summed E-state index contributed by atoms with van der Waals surface area (Å²) in [5.41, 5.74) is 0.997. The quantitative estimate of drug-likeness (QED) is 0.903. The maximum atomic E-state index is 10.4. The molecule has 1 aromatic rings. The topological polar surface area (TPSA) is 29.5 Å². The zero-order valence-electron chi connectivity index (χ0n) is 11.0. The number of aliphatic hydroxyl groups excluding tert-OH is 1. The molecule has 0 bridgehead atoms. The van der Waals surface area contributed by atoms with Crippen molar-refractivity contribution in [3.05, 3.63) is 28.8 Å². The van der Waals surface area contributed by atoms with E-state index in [9.17, 15) is 5.11 Å². The van der Waals surface area contributed by atoms with Crippen LogP contribution in [0.5, 0.6) is 5.75 Å². The van der Waals surface area contributed by atoms with Crippen molar-refractivity contribution in [2.75, 3.05) is 7.11 Å². The van der Waals surface area contributed by atoms with Gasteiger partial charge in [-0.2, -0.15) is 0 Å². The Labute approximate surface area is 114 Å². The van der Waals surface area contributed by atoms with Crippen LogP contribution in [0, 0.1) is 11.8 Å². The lowest BCUT2D eigenvalue weighted by Gasteiger charge is -2.23. The number of hydrogen-bond acceptors (Lipinski definition) is 2. The highest BCUT2D eigenvalue weighted by Crippen LogP contribution is 2.35. The summed E-state index contributed by atoms with van der Waals surface area (Å²) in [5.74, 6) is 1.84. The number of rotatable bonds is 4. The number of aliphatic hydroxyl groups is 1. The van der Waals surface area contributed by atoms with E-state index in [1.54, 1.807) is 7.11 Å². The van der Waals surface area contributed by atoms with Crippen LogP contribution in [0.3, 0.4) is 0 Å². The number of halogens is 1. The van der Waals surface area contributed by atoms with Crippen LogP contribution in [0.1, 0.15) is 31.7 Å². The molecule has 18 heavy (non-hydrogen) atoms. The summed E-state index contributed by atoms with van der Waals surface area (Å²) >= 11 is 6.01. The van der Waals surface area contributed by atoms with Gasteiger partial charge in [-0.3, -0.25) is 0 Å². The number of hydrogen-bond donors (Lipinski definition) is 1. The van der Waals surface area contributed by atoms with Gasteiger partial charge in [0.15, 0.2) is 0 Å². The molecule has 3 unspecified atom stereocenters. The molecule has 0 spiro atoms. The molecule has 0 heterocycles. The predicted molar refractivity (Wildman–Crippen MR) is 74.2 cm³/mol. The van der Waals surface area contributed by atoms with Gasteiger partial charge < -0.3 is 9.84 Å². The summed E-state index contributed by atoms with van der Waals surface area (Å²) in [6.45, 7) is 2.23. The van der Waals surface area contributed by atoms with E-state index in [0.717, 1.165) is 17.7 Å². The molecule has 3 atom stereocenters. The molecule has 3 heteroatoms. The first-order valence-electron chi connectivity index (χ1n) is 6.62. The SMILES string of the molecule is COc1ccc(Cl)cc1CC(O)C1CCCC1C. The molecule has 0 aromatic heterocycles. The van der Waals surface area contributed by atoms with Crippen LogP contribution in [-0.4, -0.2) is 18.3 Å². The molecular formula is C15H21ClO2. The van der Waals surface area contributed by atoms with Crippen molar-refractivity contribution < 1.29 is 9.84 Å². The van der Waals surface area contributed by atoms with E-state index >= 15 is 0 Å². The van der Waals surface area contributed by atoms with Crippen molar-refractivity contribution in [1.82, 2.24) is 0 Å². The molecular weight excluding hydrogens is 248 g/mol. The Morgan fingerprint density at radius 1 is 1.44 bits per heavy atom. The second-order valence-corrected chi connectivity index (χ2v) is 5.74. The van der Waals surface area contributed by atoms with E-state index < -0.39 is 0 Å². The second-order valence-electron chi connectivity index (χ2n) is 5.30. The first-order valence-corrected chi connectivity index (χ1v) is 7.00. The van der Waals surface area contributed by atoms with Crippen LogP contribution >= 0.6 is 11.6 Å². The van der Waals surface area contributed by atoms with Crippen molar-refractivity contribution in [2.24, 2.45) is 11.8 Å². The lowest BCUT2D eigenvalue weighted by Crippen LogP contribution is -2.25. The van der Waals surface area contributed by atoms with Crippen molar-refractivity contribution in [1.29, 1.82) is 0 Å². The Morgan fingerprint density at radius 2 is 2.22 bits per heavy atom. The molecule has 1 aromatic carbocycles. The van der Waals surface area contributed by atoms with E-state index in [1.807, 2.05) is 18.2 Å². The highest BCUT2D eigenvalue weighted by Gasteiger charge is 2.30. The smallest absolute Gasteiger partial charge is 0.122 e. The third-order valence-electron chi connectivity index (χ3n) is 4.09. The van der Waals surface area contributed by atoms with Gasteiger partial charge in [-0.15, -0.1) is 0 Å². The van der Waals surface area contributed by atoms with Gasteiger partial charge in [0, 0.05) is 11.4 Å². The zero-order valence-corrected chi connectivity index (χ0v) is 11.8. The Balaban J connectivity index is 2.10. The third kappa shape index (κ3) is 2.99. The zero-order chi connectivity index (χ0) is 13.1. The predicted octanol–water partition coefficient (Wildman–Crippen LogP) is 3.69. The lowest BCUT2D eigenvalue weighted by molar-refractivity contribution is 0.0895. The highest BCUT2D eigenvalue weighted by molar-refractivity contribution is 6.30. The second kappa shape index (κ2) is 5.94. The minimum absolute atomic E-state index is 0.296. The first-order chi connectivity index (χ1) is 8.61. The lowest BCUT2D eigenvalue weighted by atomic mass is 9.88. The van der Waals surface area contributed by atoms with E-state index in [2.05, 4.69) is 6.92 Å². The van der Waals surface area contributed by atoms with Gasteiger partial charge in [-0.05, 0) is 42.0 Å². The minimum atomic E-state index is -0.296. The van der Waals surface area contributed by atoms with E-state index in [-0.39, 0.29) is 6.10 Å². The van der Waals surface area contributed by atoms with Crippen LogP contribution in [0.15, 0.2) is 18.2 Å². The largest absolute Gasteiger partial charge is 0.496 e. The molecule has 0 amide bonds. The van der Waals surface area contributed by atoms with E-state index in [1.165, 1.54) is 12.8 Å². The molecule has 0 radical (unpaired) electrons. The van der Waals surface area contributed by atoms with Crippen LogP contribution in [0.2, 0.25) is 5.02 Å². The van der Waals surface area contributed by atoms with Gasteiger partial charge in [-0.25, -0.2) is 0 Å². The molecule has 0 saturated heterocycles. The molecule has 1 N–H and O–H groups in total. The Hall–Kier alpha value is -0.730. The first kappa shape index (κ1) is 13.7. The molecule has 1 saturated carbocycles. The Morgan fingerprint density at radius 3 is 2.83 bits per heavy atom. The molecule has 100 valence electrons. The molecule has 1 aliphatic carbocycles. The van der Waals surface area contributed by atoms with Gasteiger partial charge >= 0.3 is 0 Å². The minimum Gasteiger partial charge on any atom is -0.496 e. The summed E-state index contributed by atoms with van der Waals surface area (Å²) in [6.07, 6.45) is 3.92. The molecule has 2 rings (SSSR count). The summed E-state index contributed by atoms with van der Waals surface area (Å²) in [6, 6.07) is 5.57. The summed E-state index contributed by atoms with van der Waals surface area (Å²) in [5, 5.41) is 11.1. The summed E-state index contributed by atoms with van der Waals surface area (Å²) in [7, 11) is 1.65. The molecule has 1 fully saturated rings. The van der Waals surface area contributed by atoms with Crippen molar-refractivity contribution in [3.8, 4) is 5.75 Å². The fourth-order valence-corrected chi connectivity index (χ4v) is 3.22. The maximum absolute atomic E-state index is 10.4. The van der Waals surface area contributed by atoms with Crippen LogP contribution in [0.25, 0.3) is 0 Å². The van der Waals surface area contributed by atoms with E-state index in [0.29, 0.717) is 23.3 Å². The maximum Gasteiger partial charge on any atom is 0.122 e. The van der Waals surface area contributed by atoms with Gasteiger partial charge in [-0.1, -0.05) is 31.4 Å². The number of methoxy groups -OCH3 is 1. The fraction of sp³-hybridized carbons (Fsp3) is 0.600. The van der Waals surface area contributed by atoms with Gasteiger partial charge in [0.1, 0.15) is 5.75 Å². The van der Waals surface area contributed by atoms with Crippen molar-refractivity contribution >= 4 is 11.6 Å². The Bertz CT molecular complexity index is 405. The van der Waals surface area contributed by atoms with Crippen molar-refractivity contribution in [2.45, 2.75) is 38.7 Å². The van der Waals surface area contributed by atoms with Gasteiger partial charge in [0.2, 0.25) is 0 Å². The number of ether oxygens (including phenoxy) is 1. The summed E-state index contributed by atoms with van der Waals surface area (Å²) < 4.78 is 5.32. The third-order valence-corrected chi connectivity index (χ3v) is 4.33. The van der Waals surface area contributed by atoms with Crippen LogP contribution < -0.4 is 4.74 Å². The Kier molecular flexibility index (Phi) is 4.52. The molecule has 1 aliphatic rings. The fourth-order valence-electron chi connectivity index (χ4n) is 3.03. The molecule has 0 aliphatic heterocycles. The van der Waals surface area contributed by atoms with E-state index in [4.69, 9.17) is 16.3 Å². The monoisotopic (exact) mass is 268 g/mol. The van der Waals surface area contributed by atoms with Gasteiger partial charge in [0.05, 0.1) is 13.2 Å². The standard InChI is InChI=1S/C15H21ClO2/c1-10-4-3-5-13(10)14(17)9-11-8-12(16)6-7-15(11)18-2/h6-8,10,13-14,17H,3-5,9H2,1-2H3. The van der Waals surface area contributed by atoms with Crippen LogP contribution in [-0.2, 0) is 6.42 Å². The van der Waals surface area contributed by atoms with Crippen molar-refractivity contribution in [3.63, 3.8) is 0 Å². The average Bonchev–Trinajstić information content (AvgIpc) is 2.76. The molecule has 2 nitrogen and oxygen atoms in total. The number of benzene rings is 1. The van der Waals surface area contributed by atoms with Gasteiger partial charge in [0.25, 0.3) is 0 Å². The summed E-state index contributed by atoms with van der Waals surface area (Å²) in [4.78, 5) is 0.